The summed E-state index contributed by atoms with van der Waals surface area (Å²) in [4.78, 5) is 12.5. The van der Waals surface area contributed by atoms with Crippen LogP contribution < -0.4 is 4.74 Å². The van der Waals surface area contributed by atoms with Crippen LogP contribution in [0.1, 0.15) is 47.8 Å². The molecule has 0 amide bonds. The Hall–Kier alpha value is -2.61. The van der Waals surface area contributed by atoms with Crippen LogP contribution in [0.2, 0.25) is 0 Å². The summed E-state index contributed by atoms with van der Waals surface area (Å²) >= 11 is 0. The van der Waals surface area contributed by atoms with E-state index in [2.05, 4.69) is 0 Å². The fourth-order valence-corrected chi connectivity index (χ4v) is 5.32. The topological polar surface area (TPSA) is 44.8 Å². The number of carbonyl (C=O) groups excluding carboxylic acids is 1. The molecule has 0 radical (unpaired) electrons. The molecule has 1 aliphatic heterocycles. The second-order valence-electron chi connectivity index (χ2n) is 8.43. The van der Waals surface area contributed by atoms with Gasteiger partial charge in [-0.1, -0.05) is 12.1 Å². The lowest BCUT2D eigenvalue weighted by Crippen LogP contribution is -2.35. The van der Waals surface area contributed by atoms with E-state index in [1.54, 1.807) is 12.1 Å². The van der Waals surface area contributed by atoms with Crippen molar-refractivity contribution in [2.45, 2.75) is 42.9 Å². The number of alkyl halides is 3. The summed E-state index contributed by atoms with van der Waals surface area (Å²) in [7, 11) is 2.74. The summed E-state index contributed by atoms with van der Waals surface area (Å²) < 4.78 is 70.1. The Morgan fingerprint density at radius 1 is 1.12 bits per heavy atom. The predicted octanol–water partition coefficient (Wildman–Crippen LogP) is 5.46. The van der Waals surface area contributed by atoms with Crippen molar-refractivity contribution in [3.8, 4) is 5.75 Å². The van der Waals surface area contributed by atoms with Crippen molar-refractivity contribution in [2.75, 3.05) is 20.8 Å². The number of ether oxygens (including phenoxy) is 3. The lowest BCUT2D eigenvalue weighted by molar-refractivity contribution is -0.147. The van der Waals surface area contributed by atoms with Gasteiger partial charge in [-0.15, -0.1) is 0 Å². The third-order valence-electron chi connectivity index (χ3n) is 6.74. The van der Waals surface area contributed by atoms with Gasteiger partial charge in [-0.3, -0.25) is 4.79 Å². The zero-order valence-corrected chi connectivity index (χ0v) is 17.7. The van der Waals surface area contributed by atoms with Gasteiger partial charge in [0.05, 0.1) is 37.9 Å². The van der Waals surface area contributed by atoms with Gasteiger partial charge in [0.2, 0.25) is 0 Å². The van der Waals surface area contributed by atoms with E-state index in [1.165, 1.54) is 32.4 Å². The van der Waals surface area contributed by atoms with Gasteiger partial charge in [0.25, 0.3) is 0 Å². The zero-order valence-electron chi connectivity index (χ0n) is 17.7. The van der Waals surface area contributed by atoms with E-state index in [-0.39, 0.29) is 18.5 Å². The molecular formula is C24H24F4O4. The first-order valence-corrected chi connectivity index (χ1v) is 10.4. The molecule has 1 aliphatic carbocycles. The Kier molecular flexibility index (Phi) is 5.92. The molecule has 4 nitrogen and oxygen atoms in total. The van der Waals surface area contributed by atoms with Gasteiger partial charge >= 0.3 is 12.1 Å². The van der Waals surface area contributed by atoms with Gasteiger partial charge in [-0.05, 0) is 55.2 Å². The fourth-order valence-electron chi connectivity index (χ4n) is 5.32. The quantitative estimate of drug-likeness (QED) is 0.456. The number of carbonyl (C=O) groups is 1. The van der Waals surface area contributed by atoms with Crippen molar-refractivity contribution in [1.82, 2.24) is 0 Å². The number of benzene rings is 2. The Morgan fingerprint density at radius 3 is 2.47 bits per heavy atom. The normalized spacial score (nSPS) is 27.6. The largest absolute Gasteiger partial charge is 0.496 e. The molecule has 4 atom stereocenters. The molecule has 2 fully saturated rings. The summed E-state index contributed by atoms with van der Waals surface area (Å²) in [5.74, 6) is -1.62. The monoisotopic (exact) mass is 452 g/mol. The van der Waals surface area contributed by atoms with Crippen LogP contribution >= 0.6 is 0 Å². The molecule has 4 rings (SSSR count). The average Bonchev–Trinajstić information content (AvgIpc) is 3.37. The highest BCUT2D eigenvalue weighted by atomic mass is 19.4. The molecule has 1 spiro atoms. The van der Waals surface area contributed by atoms with Gasteiger partial charge in [0, 0.05) is 17.4 Å². The van der Waals surface area contributed by atoms with Crippen molar-refractivity contribution in [1.29, 1.82) is 0 Å². The molecular weight excluding hydrogens is 428 g/mol. The van der Waals surface area contributed by atoms with Crippen LogP contribution in [0.3, 0.4) is 0 Å². The number of rotatable bonds is 4. The molecule has 172 valence electrons. The first-order valence-electron chi connectivity index (χ1n) is 10.4. The van der Waals surface area contributed by atoms with Crippen LogP contribution in [-0.4, -0.2) is 32.4 Å². The van der Waals surface area contributed by atoms with E-state index < -0.39 is 35.0 Å². The summed E-state index contributed by atoms with van der Waals surface area (Å²) in [6.07, 6.45) is -2.99. The van der Waals surface area contributed by atoms with E-state index in [0.29, 0.717) is 30.6 Å². The molecule has 0 unspecified atom stereocenters. The molecule has 1 saturated carbocycles. The van der Waals surface area contributed by atoms with Crippen molar-refractivity contribution >= 4 is 5.97 Å². The standard InChI is InChI=1S/C24H24F4O4/c1-30-20-8-5-16(24(26,27)28)11-19(20)15-12-23(32-13-15)10-9-18(22(29)31-2)21(23)14-3-6-17(25)7-4-14/h3-8,11,15,18,21H,9-10,12-13H2,1-2H3/t15-,18+,21-,23-/m1/s1. The van der Waals surface area contributed by atoms with E-state index in [4.69, 9.17) is 14.2 Å². The van der Waals surface area contributed by atoms with Crippen LogP contribution in [0, 0.1) is 11.7 Å². The van der Waals surface area contributed by atoms with Gasteiger partial charge in [0.15, 0.2) is 0 Å². The molecule has 0 bridgehead atoms. The molecule has 1 saturated heterocycles. The summed E-state index contributed by atoms with van der Waals surface area (Å²) in [5.41, 5.74) is -0.335. The number of methoxy groups -OCH3 is 2. The summed E-state index contributed by atoms with van der Waals surface area (Å²) in [6.45, 7) is 0.198. The van der Waals surface area contributed by atoms with Crippen molar-refractivity contribution in [3.05, 3.63) is 65.0 Å². The Morgan fingerprint density at radius 2 is 1.84 bits per heavy atom. The van der Waals surface area contributed by atoms with Crippen molar-refractivity contribution < 1.29 is 36.6 Å². The van der Waals surface area contributed by atoms with E-state index in [0.717, 1.165) is 17.7 Å². The van der Waals surface area contributed by atoms with Gasteiger partial charge in [0.1, 0.15) is 11.6 Å². The minimum atomic E-state index is -4.47. The highest BCUT2D eigenvalue weighted by molar-refractivity contribution is 5.74. The second-order valence-corrected chi connectivity index (χ2v) is 8.43. The molecule has 1 heterocycles. The molecule has 32 heavy (non-hydrogen) atoms. The number of esters is 1. The Bertz CT molecular complexity index is 988. The zero-order chi connectivity index (χ0) is 23.1. The lowest BCUT2D eigenvalue weighted by atomic mass is 9.76. The van der Waals surface area contributed by atoms with Crippen LogP contribution in [0.25, 0.3) is 0 Å². The van der Waals surface area contributed by atoms with Crippen LogP contribution in [0.15, 0.2) is 42.5 Å². The third-order valence-corrected chi connectivity index (χ3v) is 6.74. The van der Waals surface area contributed by atoms with E-state index >= 15 is 0 Å². The maximum absolute atomic E-state index is 13.5. The minimum absolute atomic E-state index is 0.198. The van der Waals surface area contributed by atoms with Gasteiger partial charge in [-0.2, -0.15) is 13.2 Å². The lowest BCUT2D eigenvalue weighted by Gasteiger charge is -2.33. The highest BCUT2D eigenvalue weighted by Crippen LogP contribution is 2.57. The van der Waals surface area contributed by atoms with Crippen LogP contribution in [0.4, 0.5) is 17.6 Å². The number of halogens is 4. The Labute approximate surface area is 183 Å². The number of hydrogen-bond donors (Lipinski definition) is 0. The Balaban J connectivity index is 1.71. The predicted molar refractivity (Wildman–Crippen MR) is 108 cm³/mol. The van der Waals surface area contributed by atoms with Gasteiger partial charge in [-0.25, -0.2) is 4.39 Å². The molecule has 0 N–H and O–H groups in total. The minimum Gasteiger partial charge on any atom is -0.496 e. The maximum atomic E-state index is 13.5. The molecule has 8 heteroatoms. The van der Waals surface area contributed by atoms with Crippen molar-refractivity contribution in [3.63, 3.8) is 0 Å². The second kappa shape index (κ2) is 8.39. The third kappa shape index (κ3) is 3.96. The molecule has 2 aromatic rings. The first kappa shape index (κ1) is 22.6. The SMILES string of the molecule is COC(=O)[C@H]1CC[C@@]2(C[C@@H](c3cc(C(F)(F)F)ccc3OC)CO2)[C@@H]1c1ccc(F)cc1. The molecule has 0 aromatic heterocycles. The van der Waals surface area contributed by atoms with E-state index in [9.17, 15) is 22.4 Å². The first-order chi connectivity index (χ1) is 15.2. The smallest absolute Gasteiger partial charge is 0.416 e. The number of hydrogen-bond acceptors (Lipinski definition) is 4. The van der Waals surface area contributed by atoms with Crippen molar-refractivity contribution in [2.24, 2.45) is 5.92 Å². The van der Waals surface area contributed by atoms with Gasteiger partial charge < -0.3 is 14.2 Å². The summed E-state index contributed by atoms with van der Waals surface area (Å²) in [6, 6.07) is 9.36. The van der Waals surface area contributed by atoms with E-state index in [1.807, 2.05) is 0 Å². The maximum Gasteiger partial charge on any atom is 0.416 e. The van der Waals surface area contributed by atoms with Crippen LogP contribution in [0.5, 0.6) is 5.75 Å². The molecule has 2 aliphatic rings. The summed E-state index contributed by atoms with van der Waals surface area (Å²) in [5, 5.41) is 0. The molecule has 2 aromatic carbocycles. The average molecular weight is 452 g/mol. The fraction of sp³-hybridized carbons (Fsp3) is 0.458. The van der Waals surface area contributed by atoms with Crippen LogP contribution in [-0.2, 0) is 20.4 Å². The highest BCUT2D eigenvalue weighted by Gasteiger charge is 2.56.